The molecule has 0 bridgehead atoms. The van der Waals surface area contributed by atoms with Crippen LogP contribution in [0.2, 0.25) is 0 Å². The lowest BCUT2D eigenvalue weighted by Gasteiger charge is -1.98. The van der Waals surface area contributed by atoms with Crippen molar-refractivity contribution in [1.82, 2.24) is 10.5 Å². The van der Waals surface area contributed by atoms with Gasteiger partial charge in [-0.25, -0.2) is 4.94 Å². The Morgan fingerprint density at radius 1 is 1.50 bits per heavy atom. The molecule has 0 aromatic carbocycles. The summed E-state index contributed by atoms with van der Waals surface area (Å²) < 4.78 is 0. The molecule has 0 amide bonds. The van der Waals surface area contributed by atoms with Crippen LogP contribution in [0.3, 0.4) is 0 Å². The van der Waals surface area contributed by atoms with Crippen molar-refractivity contribution in [3.8, 4) is 0 Å². The standard InChI is InChI=1S/C6H9N3O/c7-10-9-5-6-1-3-8-4-2-6/h1-4,9H,5,7H2. The summed E-state index contributed by atoms with van der Waals surface area (Å²) in [5, 5.41) is 0. The zero-order chi connectivity index (χ0) is 7.23. The van der Waals surface area contributed by atoms with Gasteiger partial charge in [0.25, 0.3) is 0 Å². The fourth-order valence-corrected chi connectivity index (χ4v) is 0.626. The van der Waals surface area contributed by atoms with Gasteiger partial charge in [-0.2, -0.15) is 11.4 Å². The second kappa shape index (κ2) is 3.94. The molecule has 0 atom stereocenters. The smallest absolute Gasteiger partial charge is 0.0480 e. The molecule has 10 heavy (non-hydrogen) atoms. The van der Waals surface area contributed by atoms with E-state index in [2.05, 4.69) is 15.4 Å². The number of nitrogens with two attached hydrogens (primary N) is 1. The highest BCUT2D eigenvalue weighted by Crippen LogP contribution is 1.93. The van der Waals surface area contributed by atoms with Crippen LogP contribution in [0.4, 0.5) is 0 Å². The monoisotopic (exact) mass is 139 g/mol. The van der Waals surface area contributed by atoms with Crippen LogP contribution in [0, 0.1) is 0 Å². The summed E-state index contributed by atoms with van der Waals surface area (Å²) >= 11 is 0. The number of rotatable bonds is 3. The van der Waals surface area contributed by atoms with E-state index in [1.54, 1.807) is 12.4 Å². The molecule has 4 heteroatoms. The number of nitrogens with one attached hydrogen (secondary N) is 1. The van der Waals surface area contributed by atoms with Crippen molar-refractivity contribution in [3.63, 3.8) is 0 Å². The lowest BCUT2D eigenvalue weighted by Crippen LogP contribution is -2.18. The fourth-order valence-electron chi connectivity index (χ4n) is 0.626. The summed E-state index contributed by atoms with van der Waals surface area (Å²) in [7, 11) is 0. The first-order valence-corrected chi connectivity index (χ1v) is 2.91. The molecular weight excluding hydrogens is 130 g/mol. The normalized spacial score (nSPS) is 9.70. The van der Waals surface area contributed by atoms with Gasteiger partial charge in [0.05, 0.1) is 0 Å². The molecule has 1 aromatic heterocycles. The predicted octanol–water partition coefficient (Wildman–Crippen LogP) is -0.0235. The van der Waals surface area contributed by atoms with Gasteiger partial charge in [-0.3, -0.25) is 4.98 Å². The molecule has 0 aliphatic carbocycles. The summed E-state index contributed by atoms with van der Waals surface area (Å²) in [6.45, 7) is 0.596. The molecule has 0 radical (unpaired) electrons. The van der Waals surface area contributed by atoms with Gasteiger partial charge in [0.15, 0.2) is 0 Å². The minimum Gasteiger partial charge on any atom is -0.265 e. The highest BCUT2D eigenvalue weighted by Gasteiger charge is 1.87. The molecule has 1 aromatic rings. The van der Waals surface area contributed by atoms with Crippen LogP contribution in [0.25, 0.3) is 0 Å². The van der Waals surface area contributed by atoms with Gasteiger partial charge in [-0.05, 0) is 17.7 Å². The highest BCUT2D eigenvalue weighted by atomic mass is 16.8. The van der Waals surface area contributed by atoms with Gasteiger partial charge in [-0.15, -0.1) is 0 Å². The van der Waals surface area contributed by atoms with E-state index in [9.17, 15) is 0 Å². The topological polar surface area (TPSA) is 60.2 Å². The van der Waals surface area contributed by atoms with E-state index in [0.29, 0.717) is 6.54 Å². The van der Waals surface area contributed by atoms with Crippen LogP contribution in [-0.4, -0.2) is 4.98 Å². The SMILES string of the molecule is NONCc1ccncc1. The second-order valence-corrected chi connectivity index (χ2v) is 1.79. The van der Waals surface area contributed by atoms with E-state index in [1.165, 1.54) is 0 Å². The van der Waals surface area contributed by atoms with Crippen LogP contribution in [0.1, 0.15) is 5.56 Å². The third-order valence-corrected chi connectivity index (χ3v) is 1.11. The van der Waals surface area contributed by atoms with Gasteiger partial charge < -0.3 is 0 Å². The molecule has 0 spiro atoms. The Kier molecular flexibility index (Phi) is 2.82. The molecular formula is C6H9N3O. The number of nitrogens with zero attached hydrogens (tertiary/aromatic N) is 1. The van der Waals surface area contributed by atoms with E-state index in [1.807, 2.05) is 12.1 Å². The number of aromatic nitrogens is 1. The molecule has 0 unspecified atom stereocenters. The zero-order valence-electron chi connectivity index (χ0n) is 5.45. The van der Waals surface area contributed by atoms with Gasteiger partial charge in [-0.1, -0.05) is 0 Å². The first-order valence-electron chi connectivity index (χ1n) is 2.91. The van der Waals surface area contributed by atoms with Crippen molar-refractivity contribution < 1.29 is 4.94 Å². The number of hydroxylamine groups is 1. The largest absolute Gasteiger partial charge is 0.265 e. The van der Waals surface area contributed by atoms with Crippen molar-refractivity contribution in [2.24, 2.45) is 5.90 Å². The van der Waals surface area contributed by atoms with Crippen molar-refractivity contribution in [3.05, 3.63) is 30.1 Å². The minimum atomic E-state index is 0.596. The molecule has 0 saturated heterocycles. The molecule has 3 N–H and O–H groups in total. The first-order chi connectivity index (χ1) is 4.93. The zero-order valence-corrected chi connectivity index (χ0v) is 5.45. The number of pyridine rings is 1. The predicted molar refractivity (Wildman–Crippen MR) is 36.3 cm³/mol. The van der Waals surface area contributed by atoms with Gasteiger partial charge in [0.2, 0.25) is 0 Å². The molecule has 0 saturated carbocycles. The lowest BCUT2D eigenvalue weighted by atomic mass is 10.3. The Bertz CT molecular complexity index is 178. The minimum absolute atomic E-state index is 0.596. The third-order valence-electron chi connectivity index (χ3n) is 1.11. The molecule has 1 rings (SSSR count). The van der Waals surface area contributed by atoms with Gasteiger partial charge in [0, 0.05) is 18.9 Å². The van der Waals surface area contributed by atoms with E-state index < -0.39 is 0 Å². The van der Waals surface area contributed by atoms with Crippen LogP contribution in [-0.2, 0) is 11.5 Å². The molecule has 54 valence electrons. The van der Waals surface area contributed by atoms with Crippen molar-refractivity contribution in [2.75, 3.05) is 0 Å². The molecule has 0 fully saturated rings. The van der Waals surface area contributed by atoms with E-state index in [4.69, 9.17) is 5.90 Å². The maximum Gasteiger partial charge on any atom is 0.0480 e. The van der Waals surface area contributed by atoms with Crippen molar-refractivity contribution in [1.29, 1.82) is 0 Å². The van der Waals surface area contributed by atoms with Crippen LogP contribution in [0.5, 0.6) is 0 Å². The van der Waals surface area contributed by atoms with Gasteiger partial charge >= 0.3 is 0 Å². The van der Waals surface area contributed by atoms with Crippen LogP contribution < -0.4 is 11.4 Å². The van der Waals surface area contributed by atoms with E-state index >= 15 is 0 Å². The van der Waals surface area contributed by atoms with E-state index in [-0.39, 0.29) is 0 Å². The molecule has 1 heterocycles. The van der Waals surface area contributed by atoms with E-state index in [0.717, 1.165) is 5.56 Å². The molecule has 4 nitrogen and oxygen atoms in total. The summed E-state index contributed by atoms with van der Waals surface area (Å²) in [5.41, 5.74) is 3.60. The van der Waals surface area contributed by atoms with Crippen LogP contribution >= 0.6 is 0 Å². The molecule has 0 aliphatic rings. The highest BCUT2D eigenvalue weighted by molar-refractivity contribution is 5.08. The summed E-state index contributed by atoms with van der Waals surface area (Å²) in [6.07, 6.45) is 3.43. The summed E-state index contributed by atoms with van der Waals surface area (Å²) in [5.74, 6) is 4.75. The second-order valence-electron chi connectivity index (χ2n) is 1.79. The number of hydrogen-bond acceptors (Lipinski definition) is 4. The quantitative estimate of drug-likeness (QED) is 0.577. The summed E-state index contributed by atoms with van der Waals surface area (Å²) in [6, 6.07) is 3.76. The lowest BCUT2D eigenvalue weighted by molar-refractivity contribution is 0.0362. The van der Waals surface area contributed by atoms with Crippen molar-refractivity contribution in [2.45, 2.75) is 6.54 Å². The third kappa shape index (κ3) is 2.10. The van der Waals surface area contributed by atoms with Crippen LogP contribution in [0.15, 0.2) is 24.5 Å². The Hall–Kier alpha value is -0.970. The van der Waals surface area contributed by atoms with Gasteiger partial charge in [0.1, 0.15) is 0 Å². The summed E-state index contributed by atoms with van der Waals surface area (Å²) in [4.78, 5) is 8.03. The Morgan fingerprint density at radius 3 is 2.80 bits per heavy atom. The Labute approximate surface area is 58.9 Å². The fraction of sp³-hybridized carbons (Fsp3) is 0.167. The maximum absolute atomic E-state index is 4.75. The molecule has 0 aliphatic heterocycles. The van der Waals surface area contributed by atoms with Crippen molar-refractivity contribution >= 4 is 0 Å². The Balaban J connectivity index is 2.43. The Morgan fingerprint density at radius 2 is 2.20 bits per heavy atom. The maximum atomic E-state index is 4.75. The number of hydrogen-bond donors (Lipinski definition) is 2. The average Bonchev–Trinajstić information content (AvgIpc) is 2.03. The average molecular weight is 139 g/mol. The first kappa shape index (κ1) is 7.14.